The molecule has 1 saturated heterocycles. The van der Waals surface area contributed by atoms with Crippen molar-refractivity contribution in [2.24, 2.45) is 0 Å². The van der Waals surface area contributed by atoms with Crippen LogP contribution in [0.2, 0.25) is 0 Å². The zero-order valence-electron chi connectivity index (χ0n) is 13.7. The molecule has 1 atom stereocenters. The molecular weight excluding hydrogens is 324 g/mol. The minimum Gasteiger partial charge on any atom is -0.488 e. The number of carbonyl (C=O) groups is 1. The minimum atomic E-state index is -0.0678. The zero-order valence-corrected chi connectivity index (χ0v) is 14.6. The van der Waals surface area contributed by atoms with Crippen LogP contribution in [0.4, 0.5) is 10.5 Å². The van der Waals surface area contributed by atoms with E-state index in [0.717, 1.165) is 30.8 Å². The predicted molar refractivity (Wildman–Crippen MR) is 95.7 cm³/mol. The average Bonchev–Trinajstić information content (AvgIpc) is 3.26. The van der Waals surface area contributed by atoms with Crippen molar-refractivity contribution in [2.45, 2.75) is 25.5 Å². The van der Waals surface area contributed by atoms with Crippen LogP contribution in [-0.4, -0.2) is 37.2 Å². The molecule has 1 aromatic carbocycles. The van der Waals surface area contributed by atoms with Crippen molar-refractivity contribution in [3.63, 3.8) is 0 Å². The van der Waals surface area contributed by atoms with Crippen LogP contribution >= 0.6 is 11.3 Å². The van der Waals surface area contributed by atoms with Gasteiger partial charge in [-0.15, -0.1) is 11.3 Å². The van der Waals surface area contributed by atoms with E-state index < -0.39 is 0 Å². The number of anilines is 1. The van der Waals surface area contributed by atoms with Gasteiger partial charge in [-0.2, -0.15) is 0 Å². The molecule has 6 heteroatoms. The van der Waals surface area contributed by atoms with Gasteiger partial charge < -0.3 is 19.7 Å². The first-order valence-corrected chi connectivity index (χ1v) is 8.96. The first kappa shape index (κ1) is 16.8. The number of methoxy groups -OCH3 is 1. The van der Waals surface area contributed by atoms with Gasteiger partial charge in [0.05, 0.1) is 12.6 Å². The molecule has 128 valence electrons. The summed E-state index contributed by atoms with van der Waals surface area (Å²) in [7, 11) is 1.67. The number of benzene rings is 1. The molecule has 24 heavy (non-hydrogen) atoms. The molecule has 2 heterocycles. The molecule has 0 bridgehead atoms. The van der Waals surface area contributed by atoms with Gasteiger partial charge in [0.2, 0.25) is 0 Å². The minimum absolute atomic E-state index is 0.0678. The van der Waals surface area contributed by atoms with Crippen molar-refractivity contribution in [3.8, 4) is 5.75 Å². The third kappa shape index (κ3) is 4.27. The van der Waals surface area contributed by atoms with E-state index in [-0.39, 0.29) is 12.1 Å². The Hall–Kier alpha value is -2.05. The number of ether oxygens (including phenoxy) is 2. The number of rotatable bonds is 6. The third-order valence-electron chi connectivity index (χ3n) is 4.06. The van der Waals surface area contributed by atoms with E-state index in [1.54, 1.807) is 18.4 Å². The van der Waals surface area contributed by atoms with Crippen molar-refractivity contribution in [2.75, 3.05) is 25.6 Å². The number of hydrogen-bond acceptors (Lipinski definition) is 4. The van der Waals surface area contributed by atoms with Crippen LogP contribution in [0, 0.1) is 0 Å². The Bertz CT molecular complexity index is 643. The zero-order chi connectivity index (χ0) is 16.8. The van der Waals surface area contributed by atoms with E-state index in [9.17, 15) is 4.79 Å². The van der Waals surface area contributed by atoms with E-state index >= 15 is 0 Å². The molecule has 2 amide bonds. The van der Waals surface area contributed by atoms with Crippen LogP contribution in [-0.2, 0) is 11.3 Å². The molecule has 0 radical (unpaired) electrons. The Morgan fingerprint density at radius 1 is 1.33 bits per heavy atom. The maximum atomic E-state index is 12.4. The van der Waals surface area contributed by atoms with Gasteiger partial charge in [-0.05, 0) is 48.6 Å². The van der Waals surface area contributed by atoms with Gasteiger partial charge in [0.15, 0.2) is 0 Å². The summed E-state index contributed by atoms with van der Waals surface area (Å²) in [6.45, 7) is 1.93. The van der Waals surface area contributed by atoms with E-state index in [1.165, 1.54) is 4.88 Å². The Labute approximate surface area is 146 Å². The van der Waals surface area contributed by atoms with E-state index in [0.29, 0.717) is 13.2 Å². The number of likely N-dealkylation sites (tertiary alicyclic amines) is 1. The van der Waals surface area contributed by atoms with Crippen LogP contribution in [0.5, 0.6) is 5.75 Å². The van der Waals surface area contributed by atoms with Gasteiger partial charge in [0.25, 0.3) is 0 Å². The smallest absolute Gasteiger partial charge is 0.322 e. The van der Waals surface area contributed by atoms with Crippen molar-refractivity contribution in [1.82, 2.24) is 4.90 Å². The fourth-order valence-corrected chi connectivity index (χ4v) is 3.46. The Morgan fingerprint density at radius 2 is 2.17 bits per heavy atom. The fraction of sp³-hybridized carbons (Fsp3) is 0.389. The Morgan fingerprint density at radius 3 is 2.88 bits per heavy atom. The van der Waals surface area contributed by atoms with E-state index in [1.807, 2.05) is 46.7 Å². The lowest BCUT2D eigenvalue weighted by molar-refractivity contribution is 0.128. The molecule has 1 aliphatic heterocycles. The molecule has 0 saturated carbocycles. The normalized spacial score (nSPS) is 17.0. The van der Waals surface area contributed by atoms with Crippen molar-refractivity contribution >= 4 is 23.1 Å². The van der Waals surface area contributed by atoms with Crippen LogP contribution in [0.3, 0.4) is 0 Å². The fourth-order valence-electron chi connectivity index (χ4n) is 2.85. The summed E-state index contributed by atoms with van der Waals surface area (Å²) >= 11 is 1.67. The quantitative estimate of drug-likeness (QED) is 0.861. The summed E-state index contributed by atoms with van der Waals surface area (Å²) < 4.78 is 10.9. The average molecular weight is 346 g/mol. The monoisotopic (exact) mass is 346 g/mol. The highest BCUT2D eigenvalue weighted by Crippen LogP contribution is 2.21. The number of nitrogens with zero attached hydrogens (tertiary/aromatic N) is 1. The van der Waals surface area contributed by atoms with Gasteiger partial charge in [-0.25, -0.2) is 4.79 Å². The van der Waals surface area contributed by atoms with Gasteiger partial charge in [0, 0.05) is 24.2 Å². The maximum absolute atomic E-state index is 12.4. The van der Waals surface area contributed by atoms with Crippen LogP contribution in [0.15, 0.2) is 41.8 Å². The highest BCUT2D eigenvalue weighted by molar-refractivity contribution is 7.09. The van der Waals surface area contributed by atoms with E-state index in [4.69, 9.17) is 9.47 Å². The third-order valence-corrected chi connectivity index (χ3v) is 4.91. The standard InChI is InChI=1S/C18H22N2O3S/c1-22-12-15-4-2-10-20(15)18(21)19-14-6-8-16(9-7-14)23-13-17-5-3-11-24-17/h3,5-9,11,15H,2,4,10,12-13H2,1H3,(H,19,21)/t15-/m0/s1. The van der Waals surface area contributed by atoms with Gasteiger partial charge in [-0.3, -0.25) is 0 Å². The highest BCUT2D eigenvalue weighted by Gasteiger charge is 2.28. The van der Waals surface area contributed by atoms with Gasteiger partial charge in [0.1, 0.15) is 12.4 Å². The number of carbonyl (C=O) groups excluding carboxylic acids is 1. The summed E-state index contributed by atoms with van der Waals surface area (Å²) in [6, 6.07) is 11.6. The summed E-state index contributed by atoms with van der Waals surface area (Å²) in [5, 5.41) is 4.98. The molecule has 2 aromatic rings. The SMILES string of the molecule is COC[C@@H]1CCCN1C(=O)Nc1ccc(OCc2cccs2)cc1. The molecule has 1 fully saturated rings. The molecule has 0 aliphatic carbocycles. The van der Waals surface area contributed by atoms with Crippen LogP contribution in [0.25, 0.3) is 0 Å². The van der Waals surface area contributed by atoms with E-state index in [2.05, 4.69) is 5.32 Å². The van der Waals surface area contributed by atoms with Crippen LogP contribution < -0.4 is 10.1 Å². The molecular formula is C18H22N2O3S. The Balaban J connectivity index is 1.52. The summed E-state index contributed by atoms with van der Waals surface area (Å²) in [4.78, 5) is 15.4. The largest absolute Gasteiger partial charge is 0.488 e. The number of thiophene rings is 1. The molecule has 5 nitrogen and oxygen atoms in total. The lowest BCUT2D eigenvalue weighted by Gasteiger charge is -2.24. The number of hydrogen-bond donors (Lipinski definition) is 1. The number of nitrogens with one attached hydrogen (secondary N) is 1. The van der Waals surface area contributed by atoms with Crippen molar-refractivity contribution < 1.29 is 14.3 Å². The number of amides is 2. The van der Waals surface area contributed by atoms with Gasteiger partial charge in [-0.1, -0.05) is 6.07 Å². The summed E-state index contributed by atoms with van der Waals surface area (Å²) in [6.07, 6.45) is 2.02. The first-order chi connectivity index (χ1) is 11.8. The number of urea groups is 1. The lowest BCUT2D eigenvalue weighted by atomic mass is 10.2. The van der Waals surface area contributed by atoms with Crippen molar-refractivity contribution in [3.05, 3.63) is 46.7 Å². The first-order valence-electron chi connectivity index (χ1n) is 8.08. The van der Waals surface area contributed by atoms with Crippen LogP contribution in [0.1, 0.15) is 17.7 Å². The second-order valence-corrected chi connectivity index (χ2v) is 6.80. The molecule has 0 unspecified atom stereocenters. The molecule has 0 spiro atoms. The molecule has 1 N–H and O–H groups in total. The second kappa shape index (κ2) is 8.17. The lowest BCUT2D eigenvalue weighted by Crippen LogP contribution is -2.40. The van der Waals surface area contributed by atoms with Crippen molar-refractivity contribution in [1.29, 1.82) is 0 Å². The maximum Gasteiger partial charge on any atom is 0.322 e. The predicted octanol–water partition coefficient (Wildman–Crippen LogP) is 3.97. The Kier molecular flexibility index (Phi) is 5.72. The van der Waals surface area contributed by atoms with Gasteiger partial charge >= 0.3 is 6.03 Å². The molecule has 1 aromatic heterocycles. The topological polar surface area (TPSA) is 50.8 Å². The summed E-state index contributed by atoms with van der Waals surface area (Å²) in [5.41, 5.74) is 0.770. The summed E-state index contributed by atoms with van der Waals surface area (Å²) in [5.74, 6) is 0.792. The molecule has 3 rings (SSSR count). The highest BCUT2D eigenvalue weighted by atomic mass is 32.1. The molecule has 1 aliphatic rings. The second-order valence-electron chi connectivity index (χ2n) is 5.77.